The first kappa shape index (κ1) is 30.0. The summed E-state index contributed by atoms with van der Waals surface area (Å²) in [7, 11) is 2.85. The van der Waals surface area contributed by atoms with Gasteiger partial charge in [-0.2, -0.15) is 0 Å². The second-order valence-electron chi connectivity index (χ2n) is 7.76. The van der Waals surface area contributed by atoms with Crippen molar-refractivity contribution in [3.8, 4) is 17.2 Å². The van der Waals surface area contributed by atoms with Gasteiger partial charge in [0.05, 0.1) is 32.0 Å². The number of hydrogen-bond donors (Lipinski definition) is 8. The van der Waals surface area contributed by atoms with Gasteiger partial charge in [0.2, 0.25) is 0 Å². The smallest absolute Gasteiger partial charge is 0.339 e. The minimum absolute atomic E-state index is 0.160. The van der Waals surface area contributed by atoms with Gasteiger partial charge in [0.15, 0.2) is 0 Å². The van der Waals surface area contributed by atoms with E-state index >= 15 is 0 Å². The molecule has 14 nitrogen and oxygen atoms in total. The van der Waals surface area contributed by atoms with Gasteiger partial charge in [0.1, 0.15) is 22.8 Å². The summed E-state index contributed by atoms with van der Waals surface area (Å²) in [5.74, 6) is -1.11. The number of carboxylic acids is 1. The van der Waals surface area contributed by atoms with Gasteiger partial charge in [-0.05, 0) is 42.5 Å². The van der Waals surface area contributed by atoms with Gasteiger partial charge in [-0.1, -0.05) is 0 Å². The zero-order chi connectivity index (χ0) is 29.1. The van der Waals surface area contributed by atoms with Crippen molar-refractivity contribution in [1.29, 1.82) is 0 Å². The molecule has 3 aromatic carbocycles. The van der Waals surface area contributed by atoms with Crippen LogP contribution in [0.3, 0.4) is 0 Å². The van der Waals surface area contributed by atoms with E-state index in [1.165, 1.54) is 49.4 Å². The molecule has 0 bridgehead atoms. The van der Waals surface area contributed by atoms with Crippen LogP contribution in [0.2, 0.25) is 0 Å². The maximum Gasteiger partial charge on any atom is 0.339 e. The summed E-state index contributed by atoms with van der Waals surface area (Å²) in [6, 6.07) is 12.3. The number of fused-ring (bicyclic) bond motifs is 1. The van der Waals surface area contributed by atoms with Gasteiger partial charge in [-0.15, -0.1) is 0 Å². The second kappa shape index (κ2) is 13.9. The van der Waals surface area contributed by atoms with Crippen LogP contribution in [-0.2, 0) is 6.42 Å². The summed E-state index contributed by atoms with van der Waals surface area (Å²) in [5, 5.41) is 25.6. The Morgan fingerprint density at radius 3 is 1.92 bits per heavy atom. The fourth-order valence-corrected chi connectivity index (χ4v) is 3.41. The molecule has 0 aliphatic carbocycles. The zero-order valence-corrected chi connectivity index (χ0v) is 21.1. The summed E-state index contributed by atoms with van der Waals surface area (Å²) in [5.41, 5.74) is 22.4. The molecule has 2 amide bonds. The molecular formula is C25H29N5O9. The fourth-order valence-electron chi connectivity index (χ4n) is 3.41. The van der Waals surface area contributed by atoms with Crippen molar-refractivity contribution < 1.29 is 44.1 Å². The largest absolute Gasteiger partial charge is 0.496 e. The number of aromatic carboxylic acids is 1. The molecule has 3 aromatic rings. The van der Waals surface area contributed by atoms with E-state index in [0.717, 1.165) is 12.0 Å². The number of ether oxygens (including phenoxy) is 3. The maximum atomic E-state index is 11.0. The molecule has 0 spiro atoms. The van der Waals surface area contributed by atoms with Crippen LogP contribution in [0.4, 0.5) is 17.1 Å². The van der Waals surface area contributed by atoms with Crippen LogP contribution in [0.25, 0.3) is 0 Å². The van der Waals surface area contributed by atoms with E-state index in [1.54, 1.807) is 24.3 Å². The first-order chi connectivity index (χ1) is 18.6. The second-order valence-corrected chi connectivity index (χ2v) is 7.76. The minimum atomic E-state index is -0.995. The Hall–Kier alpha value is -5.21. The summed E-state index contributed by atoms with van der Waals surface area (Å²) < 4.78 is 15.0. The van der Waals surface area contributed by atoms with Crippen molar-refractivity contribution in [2.75, 3.05) is 38.0 Å². The molecule has 1 aliphatic rings. The average Bonchev–Trinajstić information content (AvgIpc) is 3.40. The van der Waals surface area contributed by atoms with E-state index < -0.39 is 17.8 Å². The molecule has 0 saturated heterocycles. The predicted octanol–water partition coefficient (Wildman–Crippen LogP) is 1.69. The Morgan fingerprint density at radius 1 is 0.769 bits per heavy atom. The number of carbonyl (C=O) groups is 3. The Bertz CT molecular complexity index is 1350. The number of hydrogen-bond acceptors (Lipinski definition) is 11. The number of carbonyl (C=O) groups excluding carboxylic acids is 2. The standard InChI is InChI=1S/C9H9NO3.2C8H10N2O3/c10-6-3-5-1-2-13-8(5)7(4-6)9(11)12;1-13-7-3-2-5(9)4-6(7)8(11)10-12;1-13-7-4-5(9)2-3-6(7)8(11)10-12/h3-4H,1-2,10H2,(H,11,12);2*2-4,12H,9H2,1H3,(H,10,11). The third-order valence-corrected chi connectivity index (χ3v) is 5.18. The molecule has 0 fully saturated rings. The summed E-state index contributed by atoms with van der Waals surface area (Å²) in [6.45, 7) is 0.541. The summed E-state index contributed by atoms with van der Waals surface area (Å²) in [4.78, 5) is 32.8. The third-order valence-electron chi connectivity index (χ3n) is 5.18. The number of amides is 2. The van der Waals surface area contributed by atoms with Crippen molar-refractivity contribution in [2.24, 2.45) is 0 Å². The van der Waals surface area contributed by atoms with Gasteiger partial charge in [0.25, 0.3) is 11.8 Å². The predicted molar refractivity (Wildman–Crippen MR) is 140 cm³/mol. The third kappa shape index (κ3) is 7.88. The van der Waals surface area contributed by atoms with Crippen LogP contribution in [0.1, 0.15) is 36.6 Å². The number of nitrogens with two attached hydrogens (primary N) is 3. The number of nitrogens with one attached hydrogen (secondary N) is 2. The molecular weight excluding hydrogens is 514 g/mol. The molecule has 11 N–H and O–H groups in total. The molecule has 0 saturated carbocycles. The van der Waals surface area contributed by atoms with E-state index in [2.05, 4.69) is 0 Å². The Kier molecular flexibility index (Phi) is 10.7. The quantitative estimate of drug-likeness (QED) is 0.130. The normalized spacial score (nSPS) is 10.8. The topological polar surface area (TPSA) is 242 Å². The van der Waals surface area contributed by atoms with Gasteiger partial charge < -0.3 is 36.5 Å². The average molecular weight is 544 g/mol. The number of anilines is 3. The monoisotopic (exact) mass is 543 g/mol. The molecule has 14 heteroatoms. The maximum absolute atomic E-state index is 11.0. The van der Waals surface area contributed by atoms with E-state index in [1.807, 2.05) is 0 Å². The zero-order valence-electron chi connectivity index (χ0n) is 21.1. The van der Waals surface area contributed by atoms with Gasteiger partial charge in [-0.3, -0.25) is 20.0 Å². The molecule has 1 aliphatic heterocycles. The van der Waals surface area contributed by atoms with E-state index in [-0.39, 0.29) is 16.7 Å². The number of benzene rings is 3. The highest BCUT2D eigenvalue weighted by atomic mass is 16.5. The summed E-state index contributed by atoms with van der Waals surface area (Å²) >= 11 is 0. The highest BCUT2D eigenvalue weighted by molar-refractivity contribution is 5.97. The molecule has 208 valence electrons. The molecule has 0 radical (unpaired) electrons. The number of nitrogen functional groups attached to an aromatic ring is 3. The SMILES string of the molecule is COc1cc(N)ccc1C(=O)NO.COc1ccc(N)cc1C(=O)NO.Nc1cc2c(c(C(=O)O)c1)OCC2. The van der Waals surface area contributed by atoms with Crippen molar-refractivity contribution >= 4 is 34.8 Å². The van der Waals surface area contributed by atoms with Crippen LogP contribution in [0, 0.1) is 0 Å². The lowest BCUT2D eigenvalue weighted by molar-refractivity contribution is 0.0688. The van der Waals surface area contributed by atoms with Crippen molar-refractivity contribution in [2.45, 2.75) is 6.42 Å². The van der Waals surface area contributed by atoms with Crippen molar-refractivity contribution in [3.05, 3.63) is 70.8 Å². The van der Waals surface area contributed by atoms with E-state index in [9.17, 15) is 14.4 Å². The Balaban J connectivity index is 0.000000205. The number of methoxy groups -OCH3 is 2. The molecule has 4 rings (SSSR count). The van der Waals surface area contributed by atoms with Crippen LogP contribution in [0.15, 0.2) is 48.5 Å². The Morgan fingerprint density at radius 2 is 1.33 bits per heavy atom. The van der Waals surface area contributed by atoms with Crippen LogP contribution < -0.4 is 42.4 Å². The molecule has 0 atom stereocenters. The highest BCUT2D eigenvalue weighted by Gasteiger charge is 2.21. The first-order valence-corrected chi connectivity index (χ1v) is 11.1. The molecule has 0 unspecified atom stereocenters. The van der Waals surface area contributed by atoms with Crippen LogP contribution >= 0.6 is 0 Å². The van der Waals surface area contributed by atoms with Gasteiger partial charge >= 0.3 is 5.97 Å². The lowest BCUT2D eigenvalue weighted by atomic mass is 10.1. The lowest BCUT2D eigenvalue weighted by Crippen LogP contribution is -2.19. The Labute approximate surface area is 222 Å². The molecule has 1 heterocycles. The highest BCUT2D eigenvalue weighted by Crippen LogP contribution is 2.31. The molecule has 39 heavy (non-hydrogen) atoms. The lowest BCUT2D eigenvalue weighted by Gasteiger charge is -2.06. The summed E-state index contributed by atoms with van der Waals surface area (Å²) in [6.07, 6.45) is 0.737. The van der Waals surface area contributed by atoms with Crippen molar-refractivity contribution in [3.63, 3.8) is 0 Å². The number of hydroxylamine groups is 2. The van der Waals surface area contributed by atoms with E-state index in [0.29, 0.717) is 40.9 Å². The minimum Gasteiger partial charge on any atom is -0.496 e. The number of rotatable bonds is 5. The van der Waals surface area contributed by atoms with Crippen molar-refractivity contribution in [1.82, 2.24) is 11.0 Å². The van der Waals surface area contributed by atoms with Gasteiger partial charge in [-0.25, -0.2) is 15.8 Å². The molecule has 0 aromatic heterocycles. The first-order valence-electron chi connectivity index (χ1n) is 11.1. The van der Waals surface area contributed by atoms with E-state index in [4.69, 9.17) is 46.9 Å². The van der Waals surface area contributed by atoms with Gasteiger partial charge in [0, 0.05) is 35.1 Å². The fraction of sp³-hybridized carbons (Fsp3) is 0.160. The number of carboxylic acid groups (broad SMARTS) is 1. The van der Waals surface area contributed by atoms with Crippen LogP contribution in [-0.4, -0.2) is 54.1 Å². The van der Waals surface area contributed by atoms with Crippen LogP contribution in [0.5, 0.6) is 17.2 Å².